The van der Waals surface area contributed by atoms with E-state index in [1.54, 1.807) is 0 Å². The zero-order valence-corrected chi connectivity index (χ0v) is 19.4. The van der Waals surface area contributed by atoms with E-state index < -0.39 is 0 Å². The monoisotopic (exact) mass is 444 g/mol. The zero-order chi connectivity index (χ0) is 23.0. The minimum absolute atomic E-state index is 0.181. The van der Waals surface area contributed by atoms with E-state index in [0.717, 1.165) is 55.6 Å². The topological polar surface area (TPSA) is 117 Å². The summed E-state index contributed by atoms with van der Waals surface area (Å²) in [6.07, 6.45) is 15.8. The summed E-state index contributed by atoms with van der Waals surface area (Å²) in [5.74, 6) is 0. The van der Waals surface area contributed by atoms with Gasteiger partial charge < -0.3 is 17.2 Å². The van der Waals surface area contributed by atoms with Crippen molar-refractivity contribution in [3.63, 3.8) is 0 Å². The van der Waals surface area contributed by atoms with Crippen molar-refractivity contribution in [3.8, 4) is 0 Å². The Morgan fingerprint density at radius 1 is 0.515 bits per heavy atom. The maximum absolute atomic E-state index is 5.88. The van der Waals surface area contributed by atoms with Crippen molar-refractivity contribution in [2.75, 3.05) is 0 Å². The Morgan fingerprint density at radius 3 is 1.09 bits per heavy atom. The lowest BCUT2D eigenvalue weighted by molar-refractivity contribution is 0.554. The van der Waals surface area contributed by atoms with Crippen molar-refractivity contribution in [3.05, 3.63) is 88.8 Å². The molecule has 6 nitrogen and oxygen atoms in total. The minimum Gasteiger partial charge on any atom is -0.323 e. The Kier molecular flexibility index (Phi) is 8.15. The van der Waals surface area contributed by atoms with E-state index in [1.807, 2.05) is 36.8 Å². The molecule has 0 aromatic carbocycles. The summed E-state index contributed by atoms with van der Waals surface area (Å²) in [4.78, 5) is 12.8. The summed E-state index contributed by atoms with van der Waals surface area (Å²) in [5, 5.41) is 0. The summed E-state index contributed by atoms with van der Waals surface area (Å²) >= 11 is 0. The number of aryl methyl sites for hydroxylation is 3. The smallest absolute Gasteiger partial charge is 0.0602 e. The number of pyridine rings is 3. The SMILES string of the molecule is NC1CCCc2cccnc21.N[C@@H]1CCCc2cccnc21.N[C@H]1CCCc2cccnc21. The fourth-order valence-electron chi connectivity index (χ4n) is 4.94. The van der Waals surface area contributed by atoms with Gasteiger partial charge in [-0.3, -0.25) is 15.0 Å². The van der Waals surface area contributed by atoms with Crippen LogP contribution in [0.4, 0.5) is 0 Å². The van der Waals surface area contributed by atoms with Crippen LogP contribution in [0.2, 0.25) is 0 Å². The van der Waals surface area contributed by atoms with Gasteiger partial charge in [0.2, 0.25) is 0 Å². The number of fused-ring (bicyclic) bond motifs is 3. The molecule has 3 aliphatic rings. The second-order valence-electron chi connectivity index (χ2n) is 9.14. The van der Waals surface area contributed by atoms with Crippen LogP contribution in [0.1, 0.15) is 90.4 Å². The fourth-order valence-corrected chi connectivity index (χ4v) is 4.94. The van der Waals surface area contributed by atoms with E-state index in [9.17, 15) is 0 Å². The fraction of sp³-hybridized carbons (Fsp3) is 0.444. The molecule has 0 radical (unpaired) electrons. The van der Waals surface area contributed by atoms with Crippen LogP contribution in [0, 0.1) is 0 Å². The molecule has 6 heteroatoms. The third-order valence-corrected chi connectivity index (χ3v) is 6.72. The Balaban J connectivity index is 0.000000118. The molecule has 0 bridgehead atoms. The molecule has 0 fully saturated rings. The number of nitrogens with two attached hydrogens (primary N) is 3. The van der Waals surface area contributed by atoms with Gasteiger partial charge in [0.1, 0.15) is 0 Å². The molecule has 3 atom stereocenters. The van der Waals surface area contributed by atoms with E-state index in [-0.39, 0.29) is 18.1 Å². The first kappa shape index (κ1) is 23.5. The van der Waals surface area contributed by atoms with Crippen LogP contribution >= 0.6 is 0 Å². The predicted molar refractivity (Wildman–Crippen MR) is 132 cm³/mol. The second-order valence-corrected chi connectivity index (χ2v) is 9.14. The largest absolute Gasteiger partial charge is 0.323 e. The van der Waals surface area contributed by atoms with Gasteiger partial charge in [0.05, 0.1) is 17.1 Å². The highest BCUT2D eigenvalue weighted by Crippen LogP contribution is 2.26. The molecule has 33 heavy (non-hydrogen) atoms. The zero-order valence-electron chi connectivity index (χ0n) is 19.4. The molecule has 1 unspecified atom stereocenters. The van der Waals surface area contributed by atoms with Gasteiger partial charge in [-0.15, -0.1) is 0 Å². The van der Waals surface area contributed by atoms with Gasteiger partial charge in [0.15, 0.2) is 0 Å². The van der Waals surface area contributed by atoms with Crippen LogP contribution in [0.15, 0.2) is 55.0 Å². The van der Waals surface area contributed by atoms with E-state index in [4.69, 9.17) is 17.2 Å². The molecular weight excluding hydrogens is 408 g/mol. The van der Waals surface area contributed by atoms with E-state index in [1.165, 1.54) is 36.0 Å². The molecule has 0 spiro atoms. The molecule has 0 aliphatic heterocycles. The van der Waals surface area contributed by atoms with Crippen molar-refractivity contribution in [1.29, 1.82) is 0 Å². The van der Waals surface area contributed by atoms with Gasteiger partial charge in [-0.2, -0.15) is 0 Å². The molecule has 0 saturated heterocycles. The lowest BCUT2D eigenvalue weighted by Crippen LogP contribution is -2.18. The van der Waals surface area contributed by atoms with Crippen molar-refractivity contribution in [2.24, 2.45) is 17.2 Å². The highest BCUT2D eigenvalue weighted by atomic mass is 14.8. The maximum Gasteiger partial charge on any atom is 0.0602 e. The Morgan fingerprint density at radius 2 is 0.818 bits per heavy atom. The number of nitrogens with zero attached hydrogens (tertiary/aromatic N) is 3. The standard InChI is InChI=1S/3C9H12N2/c3*10-8-5-1-3-7-4-2-6-11-9(7)8/h3*2,4,6,8H,1,3,5,10H2/t2*8-;/m10./s1. The van der Waals surface area contributed by atoms with Crippen LogP contribution < -0.4 is 17.2 Å². The van der Waals surface area contributed by atoms with Crippen molar-refractivity contribution in [1.82, 2.24) is 15.0 Å². The normalized spacial score (nSPS) is 22.8. The van der Waals surface area contributed by atoms with Crippen molar-refractivity contribution < 1.29 is 0 Å². The molecule has 0 amide bonds. The number of hydrogen-bond donors (Lipinski definition) is 3. The lowest BCUT2D eigenvalue weighted by atomic mass is 9.93. The van der Waals surface area contributed by atoms with Gasteiger partial charge in [-0.05, 0) is 92.7 Å². The average molecular weight is 445 g/mol. The molecule has 6 N–H and O–H groups in total. The predicted octanol–water partition coefficient (Wildman–Crippen LogP) is 4.25. The van der Waals surface area contributed by atoms with E-state index in [0.29, 0.717) is 0 Å². The summed E-state index contributed by atoms with van der Waals surface area (Å²) < 4.78 is 0. The Bertz CT molecular complexity index is 904. The van der Waals surface area contributed by atoms with Crippen LogP contribution in [-0.2, 0) is 19.3 Å². The second kappa shape index (κ2) is 11.5. The van der Waals surface area contributed by atoms with Crippen LogP contribution in [0.5, 0.6) is 0 Å². The first-order chi connectivity index (χ1) is 16.1. The third-order valence-electron chi connectivity index (χ3n) is 6.72. The average Bonchev–Trinajstić information content (AvgIpc) is 2.86. The molecule has 174 valence electrons. The molecular formula is C27H36N6. The minimum atomic E-state index is 0.181. The molecule has 3 aliphatic carbocycles. The van der Waals surface area contributed by atoms with Gasteiger partial charge >= 0.3 is 0 Å². The number of aromatic nitrogens is 3. The van der Waals surface area contributed by atoms with Gasteiger partial charge in [-0.25, -0.2) is 0 Å². The summed E-state index contributed by atoms with van der Waals surface area (Å²) in [5.41, 5.74) is 25.0. The first-order valence-corrected chi connectivity index (χ1v) is 12.2. The van der Waals surface area contributed by atoms with Gasteiger partial charge in [-0.1, -0.05) is 18.2 Å². The van der Waals surface area contributed by atoms with Crippen LogP contribution in [-0.4, -0.2) is 15.0 Å². The third kappa shape index (κ3) is 6.02. The quantitative estimate of drug-likeness (QED) is 0.477. The van der Waals surface area contributed by atoms with Crippen LogP contribution in [0.3, 0.4) is 0 Å². The molecule has 3 heterocycles. The van der Waals surface area contributed by atoms with E-state index >= 15 is 0 Å². The van der Waals surface area contributed by atoms with Gasteiger partial charge in [0.25, 0.3) is 0 Å². The number of hydrogen-bond acceptors (Lipinski definition) is 6. The maximum atomic E-state index is 5.88. The molecule has 3 aromatic rings. The highest BCUT2D eigenvalue weighted by Gasteiger charge is 2.18. The van der Waals surface area contributed by atoms with Crippen molar-refractivity contribution in [2.45, 2.75) is 75.9 Å². The summed E-state index contributed by atoms with van der Waals surface area (Å²) in [6.45, 7) is 0. The van der Waals surface area contributed by atoms with E-state index in [2.05, 4.69) is 33.2 Å². The Labute approximate surface area is 197 Å². The van der Waals surface area contributed by atoms with Crippen LogP contribution in [0.25, 0.3) is 0 Å². The first-order valence-electron chi connectivity index (χ1n) is 12.2. The molecule has 6 rings (SSSR count). The molecule has 0 saturated carbocycles. The molecule has 3 aromatic heterocycles. The lowest BCUT2D eigenvalue weighted by Gasteiger charge is -2.19. The number of rotatable bonds is 0. The Hall–Kier alpha value is -2.67. The van der Waals surface area contributed by atoms with Gasteiger partial charge in [0, 0.05) is 36.7 Å². The summed E-state index contributed by atoms with van der Waals surface area (Å²) in [7, 11) is 0. The summed E-state index contributed by atoms with van der Waals surface area (Å²) in [6, 6.07) is 12.9. The van der Waals surface area contributed by atoms with Crippen molar-refractivity contribution >= 4 is 0 Å². The highest BCUT2D eigenvalue weighted by molar-refractivity contribution is 5.26.